The maximum atomic E-state index is 10.9. The van der Waals surface area contributed by atoms with Gasteiger partial charge in [0.15, 0.2) is 0 Å². The fourth-order valence-electron chi connectivity index (χ4n) is 2.73. The molecule has 0 saturated carbocycles. The van der Waals surface area contributed by atoms with Gasteiger partial charge in [0, 0.05) is 25.4 Å². The lowest BCUT2D eigenvalue weighted by Crippen LogP contribution is -2.44. The van der Waals surface area contributed by atoms with Crippen LogP contribution in [0, 0.1) is 0 Å². The molecule has 0 amide bonds. The molecule has 0 aliphatic carbocycles. The summed E-state index contributed by atoms with van der Waals surface area (Å²) in [5, 5.41) is 9.59. The fraction of sp³-hybridized carbons (Fsp3) is 0.900. The monoisotopic (exact) mass is 199 g/mol. The van der Waals surface area contributed by atoms with E-state index in [-0.39, 0.29) is 24.2 Å². The van der Waals surface area contributed by atoms with Gasteiger partial charge in [0.05, 0.1) is 6.10 Å². The maximum absolute atomic E-state index is 10.9. The molecular weight excluding hydrogens is 182 g/mol. The number of rotatable bonds is 1. The standard InChI is InChI=1S/C10H17NO3/c1-6(12)14-10-4-7-3-8(13)5-9(10)11(7)2/h7-10,13H,3-5H2,1-2H3/t7?,8-,9?,10+/m0/s1. The highest BCUT2D eigenvalue weighted by atomic mass is 16.5. The minimum Gasteiger partial charge on any atom is -0.461 e. The van der Waals surface area contributed by atoms with Crippen LogP contribution in [0.2, 0.25) is 0 Å². The lowest BCUT2D eigenvalue weighted by molar-refractivity contribution is -0.147. The second-order valence-corrected chi connectivity index (χ2v) is 4.40. The summed E-state index contributed by atoms with van der Waals surface area (Å²) in [6.45, 7) is 1.44. The average molecular weight is 199 g/mol. The molecule has 2 aliphatic rings. The predicted molar refractivity (Wildman–Crippen MR) is 50.8 cm³/mol. The van der Waals surface area contributed by atoms with E-state index in [1.165, 1.54) is 6.92 Å². The van der Waals surface area contributed by atoms with Crippen LogP contribution >= 0.6 is 0 Å². The van der Waals surface area contributed by atoms with Gasteiger partial charge in [-0.1, -0.05) is 0 Å². The third kappa shape index (κ3) is 1.64. The summed E-state index contributed by atoms with van der Waals surface area (Å²) in [6.07, 6.45) is 2.18. The second-order valence-electron chi connectivity index (χ2n) is 4.40. The smallest absolute Gasteiger partial charge is 0.302 e. The van der Waals surface area contributed by atoms with Gasteiger partial charge in [-0.2, -0.15) is 0 Å². The molecule has 0 radical (unpaired) electrons. The Balaban J connectivity index is 2.05. The first-order valence-corrected chi connectivity index (χ1v) is 5.15. The van der Waals surface area contributed by atoms with Crippen molar-refractivity contribution in [3.8, 4) is 0 Å². The Kier molecular flexibility index (Phi) is 2.49. The molecule has 2 fully saturated rings. The Morgan fingerprint density at radius 1 is 1.43 bits per heavy atom. The molecule has 2 aliphatic heterocycles. The average Bonchev–Trinajstić information content (AvgIpc) is 2.30. The first kappa shape index (κ1) is 9.93. The first-order valence-electron chi connectivity index (χ1n) is 5.15. The van der Waals surface area contributed by atoms with Gasteiger partial charge in [0.2, 0.25) is 0 Å². The van der Waals surface area contributed by atoms with Gasteiger partial charge in [-0.15, -0.1) is 0 Å². The molecule has 4 atom stereocenters. The molecule has 4 nitrogen and oxygen atoms in total. The zero-order chi connectivity index (χ0) is 10.3. The number of esters is 1. The fourth-order valence-corrected chi connectivity index (χ4v) is 2.73. The minimum atomic E-state index is -0.221. The number of hydrogen-bond acceptors (Lipinski definition) is 4. The molecule has 1 N–H and O–H groups in total. The van der Waals surface area contributed by atoms with Crippen molar-refractivity contribution in [1.29, 1.82) is 0 Å². The van der Waals surface area contributed by atoms with Crippen LogP contribution in [0.25, 0.3) is 0 Å². The molecule has 80 valence electrons. The molecule has 2 bridgehead atoms. The first-order chi connectivity index (χ1) is 6.58. The van der Waals surface area contributed by atoms with Crippen molar-refractivity contribution in [2.24, 2.45) is 0 Å². The molecule has 2 rings (SSSR count). The number of likely N-dealkylation sites (N-methyl/N-ethyl adjacent to an activating group) is 1. The van der Waals surface area contributed by atoms with Crippen LogP contribution in [0.3, 0.4) is 0 Å². The summed E-state index contributed by atoms with van der Waals surface area (Å²) in [4.78, 5) is 13.1. The number of fused-ring (bicyclic) bond motifs is 2. The van der Waals surface area contributed by atoms with Crippen LogP contribution in [0.15, 0.2) is 0 Å². The summed E-state index contributed by atoms with van der Waals surface area (Å²) in [7, 11) is 2.05. The number of ether oxygens (including phenoxy) is 1. The van der Waals surface area contributed by atoms with E-state index in [4.69, 9.17) is 4.74 Å². The van der Waals surface area contributed by atoms with Crippen molar-refractivity contribution in [3.63, 3.8) is 0 Å². The molecule has 2 unspecified atom stereocenters. The van der Waals surface area contributed by atoms with Crippen molar-refractivity contribution >= 4 is 5.97 Å². The summed E-state index contributed by atoms with van der Waals surface area (Å²) >= 11 is 0. The van der Waals surface area contributed by atoms with Crippen LogP contribution < -0.4 is 0 Å². The van der Waals surface area contributed by atoms with E-state index in [0.717, 1.165) is 19.3 Å². The van der Waals surface area contributed by atoms with Crippen LogP contribution in [-0.2, 0) is 9.53 Å². The van der Waals surface area contributed by atoms with Crippen LogP contribution in [0.5, 0.6) is 0 Å². The van der Waals surface area contributed by atoms with Crippen LogP contribution in [-0.4, -0.2) is 47.3 Å². The van der Waals surface area contributed by atoms with Crippen molar-refractivity contribution in [3.05, 3.63) is 0 Å². The lowest BCUT2D eigenvalue weighted by atomic mass is 10.0. The molecule has 0 aromatic heterocycles. The molecule has 0 aromatic rings. The van der Waals surface area contributed by atoms with Gasteiger partial charge in [0.25, 0.3) is 0 Å². The summed E-state index contributed by atoms with van der Waals surface area (Å²) < 4.78 is 5.25. The molecule has 2 heterocycles. The Bertz CT molecular complexity index is 244. The quantitative estimate of drug-likeness (QED) is 0.610. The highest BCUT2D eigenvalue weighted by molar-refractivity contribution is 5.66. The van der Waals surface area contributed by atoms with Gasteiger partial charge >= 0.3 is 5.97 Å². The number of nitrogens with zero attached hydrogens (tertiary/aromatic N) is 1. The van der Waals surface area contributed by atoms with Gasteiger partial charge < -0.3 is 9.84 Å². The van der Waals surface area contributed by atoms with E-state index in [2.05, 4.69) is 4.90 Å². The van der Waals surface area contributed by atoms with E-state index in [1.807, 2.05) is 7.05 Å². The largest absolute Gasteiger partial charge is 0.461 e. The highest BCUT2D eigenvalue weighted by Gasteiger charge is 2.45. The number of hydrogen-bond donors (Lipinski definition) is 1. The third-order valence-corrected chi connectivity index (χ3v) is 3.41. The Labute approximate surface area is 83.8 Å². The normalized spacial score (nSPS) is 42.5. The summed E-state index contributed by atoms with van der Waals surface area (Å²) in [6, 6.07) is 0.598. The van der Waals surface area contributed by atoms with E-state index in [9.17, 15) is 9.90 Å². The summed E-state index contributed by atoms with van der Waals surface area (Å²) in [5.41, 5.74) is 0. The number of carbonyl (C=O) groups excluding carboxylic acids is 1. The van der Waals surface area contributed by atoms with E-state index < -0.39 is 0 Å². The zero-order valence-electron chi connectivity index (χ0n) is 8.64. The SMILES string of the molecule is CC(=O)O[C@@H]1CC2C[C@H](O)CC1N2C. The Hall–Kier alpha value is -0.610. The van der Waals surface area contributed by atoms with Crippen molar-refractivity contribution in [2.45, 2.75) is 50.5 Å². The number of aliphatic hydroxyl groups excluding tert-OH is 1. The highest BCUT2D eigenvalue weighted by Crippen LogP contribution is 2.36. The van der Waals surface area contributed by atoms with Crippen molar-refractivity contribution in [1.82, 2.24) is 4.90 Å². The zero-order valence-corrected chi connectivity index (χ0v) is 8.64. The molecule has 4 heteroatoms. The predicted octanol–water partition coefficient (Wildman–Crippen LogP) is 0.145. The third-order valence-electron chi connectivity index (χ3n) is 3.41. The number of carbonyl (C=O) groups is 1. The molecule has 2 saturated heterocycles. The second kappa shape index (κ2) is 3.51. The number of piperidine rings is 1. The maximum Gasteiger partial charge on any atom is 0.302 e. The Morgan fingerprint density at radius 3 is 2.79 bits per heavy atom. The Morgan fingerprint density at radius 2 is 2.14 bits per heavy atom. The molecule has 14 heavy (non-hydrogen) atoms. The van der Waals surface area contributed by atoms with Gasteiger partial charge in [-0.05, 0) is 19.9 Å². The van der Waals surface area contributed by atoms with E-state index in [1.54, 1.807) is 0 Å². The van der Waals surface area contributed by atoms with Crippen molar-refractivity contribution in [2.75, 3.05) is 7.05 Å². The lowest BCUT2D eigenvalue weighted by Gasteiger charge is -2.34. The number of aliphatic hydroxyl groups is 1. The molecule has 0 spiro atoms. The summed E-state index contributed by atoms with van der Waals surface area (Å²) in [5.74, 6) is -0.217. The van der Waals surface area contributed by atoms with Crippen molar-refractivity contribution < 1.29 is 14.6 Å². The van der Waals surface area contributed by atoms with Crippen LogP contribution in [0.4, 0.5) is 0 Å². The van der Waals surface area contributed by atoms with Gasteiger partial charge in [-0.3, -0.25) is 9.69 Å². The minimum absolute atomic E-state index is 0.0142. The van der Waals surface area contributed by atoms with Gasteiger partial charge in [0.1, 0.15) is 6.10 Å². The molecule has 0 aromatic carbocycles. The molecular formula is C10H17NO3. The topological polar surface area (TPSA) is 49.8 Å². The van der Waals surface area contributed by atoms with Gasteiger partial charge in [-0.25, -0.2) is 0 Å². The van der Waals surface area contributed by atoms with Crippen LogP contribution in [0.1, 0.15) is 26.2 Å². The van der Waals surface area contributed by atoms with E-state index in [0.29, 0.717) is 6.04 Å². The van der Waals surface area contributed by atoms with E-state index >= 15 is 0 Å².